The molecule has 3 aromatic rings. The van der Waals surface area contributed by atoms with Gasteiger partial charge in [0.25, 0.3) is 0 Å². The lowest BCUT2D eigenvalue weighted by molar-refractivity contribution is -0.129. The number of hydrogen-bond acceptors (Lipinski definition) is 24. The highest BCUT2D eigenvalue weighted by Gasteiger charge is 2.49. The monoisotopic (exact) mass is 2030 g/mol. The van der Waals surface area contributed by atoms with Gasteiger partial charge in [-0.15, -0.1) is 23.5 Å². The number of nitrogens with zero attached hydrogens (tertiary/aromatic N) is 11. The van der Waals surface area contributed by atoms with Crippen LogP contribution in [0.5, 0.6) is 11.5 Å². The van der Waals surface area contributed by atoms with Gasteiger partial charge in [0.2, 0.25) is 0 Å². The summed E-state index contributed by atoms with van der Waals surface area (Å²) in [7, 11) is 22.9. The summed E-state index contributed by atoms with van der Waals surface area (Å²) < 4.78 is 15.7. The normalized spacial score (nSPS) is 27.1. The zero-order valence-corrected chi connectivity index (χ0v) is 86.5. The van der Waals surface area contributed by atoms with Crippen molar-refractivity contribution in [2.45, 2.75) is 395 Å². The molecular formula is C114H207N11O13S3. The fraction of sp³-hybridized carbons (Fsp3) is 0.746. The molecule has 11 fully saturated rings. The first-order chi connectivity index (χ1) is 61.2. The zero-order chi connectivity index (χ0) is 96.2. The maximum absolute atomic E-state index is 11.6. The van der Waals surface area contributed by atoms with E-state index in [2.05, 4.69) is 130 Å². The highest BCUT2D eigenvalue weighted by atomic mass is 32.2. The average Bonchev–Trinajstić information content (AvgIpc) is 1.71. The molecule has 9 aliphatic heterocycles. The second-order valence-corrected chi connectivity index (χ2v) is 46.4. The fourth-order valence-electron chi connectivity index (χ4n) is 22.6. The number of carbonyl (C=O) groups is 11. The predicted molar refractivity (Wildman–Crippen MR) is 602 cm³/mol. The van der Waals surface area contributed by atoms with Gasteiger partial charge < -0.3 is 19.3 Å². The Kier molecular flexibility index (Phi) is 64.8. The standard InChI is InChI=1S/C14H19NO3.C13H17NO.C12H15NO.C11H19NO.C11H18O.C10H17NO.C9H18N2OS.C9H15NOS2.C7H12N2O2.C7H13NO.11CH4/c1-9(16)12-5-10-6-13(17-3)14(18-4)7-11(10)8-15(12)2;1-10(15)9-14(2)13-7-11-5-3-4-6-12(11)8-13;1-9(14)12-7-10-5-3-4-6-11(10)8-13(12)2;1-8(13)11-7-9-5-3-4-6-10(9)12(11)2;1-7-9-3-5-10(6-4-9)11(7)8(2)12;1-7(12)10-6-8-4-3-5-9(8)11(10)2;1-7(12)8-6-13(9(2,3)4)10-11(8)5;1-7(11)8-5-9(6-10(8)2)12-3-4-13-9;1-5(10)6-4-8(2)7(11)9(6)3;1-6(9)7-4-3-5-8(7)2;;;;;;;;;;;/h6-7,12H,5,8H2,1-4H3;3-6,13H,7-9H2,1-2H3;3-6,12H,7-8H2,1-2H3;9-11H,3-7H2,1-2H3;7,9-11H,3-6H2,1-2H3;8-10H,3-6H2,1-2H3;8H,6H2,1-5H3;8H,3-6H2,1-2H3;6H,4H2,1-3H3;7H,3-5H2,1-2H3;11*1H4/t12-;;12-;9?,10?,11-;7?,9?,10?,11-;8?,9?,10-;8-,13?;8-;6-;7-;;;;;;;;;;;/m0.00100000.........../s1. The highest BCUT2D eigenvalue weighted by molar-refractivity contribution is 8.21. The molecule has 6 unspecified atom stereocenters. The van der Waals surface area contributed by atoms with Crippen molar-refractivity contribution in [1.29, 1.82) is 0 Å². The minimum absolute atomic E-state index is 0. The number of ether oxygens (including phenoxy) is 2. The number of carbonyl (C=O) groups excluding carboxylic acids is 11. The molecule has 5 saturated carbocycles. The number of hydrogen-bond donors (Lipinski definition) is 0. The van der Waals surface area contributed by atoms with Crippen molar-refractivity contribution in [3.05, 3.63) is 94.0 Å². The van der Waals surface area contributed by atoms with Crippen molar-refractivity contribution in [1.82, 2.24) is 49.1 Å². The van der Waals surface area contributed by atoms with E-state index >= 15 is 0 Å². The lowest BCUT2D eigenvalue weighted by atomic mass is 9.58. The van der Waals surface area contributed by atoms with Crippen LogP contribution in [0.1, 0.15) is 315 Å². The molecule has 0 N–H and O–H groups in total. The molecule has 9 heterocycles. The van der Waals surface area contributed by atoms with Crippen molar-refractivity contribution in [3.63, 3.8) is 0 Å². The maximum atomic E-state index is 11.6. The van der Waals surface area contributed by atoms with E-state index in [9.17, 15) is 52.7 Å². The third kappa shape index (κ3) is 38.4. The Bertz CT molecular complexity index is 4360. The third-order valence-electron chi connectivity index (χ3n) is 30.2. The number of likely N-dealkylation sites (tertiary alicyclic amines) is 4. The Balaban J connectivity index is -0.000000736. The zero-order valence-electron chi connectivity index (χ0n) is 84.0. The number of fused-ring (bicyclic) bond motifs is 8. The van der Waals surface area contributed by atoms with Gasteiger partial charge >= 0.3 is 6.03 Å². The number of methoxy groups -OCH3 is 2. The van der Waals surface area contributed by atoms with E-state index in [1.807, 2.05) is 82.0 Å². The summed E-state index contributed by atoms with van der Waals surface area (Å²) in [5, 5.41) is 1.83. The van der Waals surface area contributed by atoms with Crippen LogP contribution < -0.4 is 9.47 Å². The van der Waals surface area contributed by atoms with Gasteiger partial charge in [0.15, 0.2) is 17.3 Å². The van der Waals surface area contributed by atoms with Crippen LogP contribution in [0.2, 0.25) is 0 Å². The number of likely N-dealkylation sites (N-methyl/N-ethyl adjacent to an activating group) is 10. The Morgan fingerprint density at radius 2 is 0.851 bits per heavy atom. The quantitative estimate of drug-likeness (QED) is 0.145. The van der Waals surface area contributed by atoms with Gasteiger partial charge in [-0.05, 0) is 330 Å². The molecule has 6 aliphatic carbocycles. The van der Waals surface area contributed by atoms with E-state index in [1.54, 1.807) is 95.5 Å². The van der Waals surface area contributed by atoms with Crippen molar-refractivity contribution < 1.29 is 62.2 Å². The number of amides is 2. The number of urea groups is 1. The smallest absolute Gasteiger partial charge is 0.320 e. The van der Waals surface area contributed by atoms with Crippen LogP contribution in [0.3, 0.4) is 0 Å². The molecule has 15 atom stereocenters. The van der Waals surface area contributed by atoms with Gasteiger partial charge in [-0.3, -0.25) is 82.2 Å². The van der Waals surface area contributed by atoms with E-state index < -0.39 is 0 Å². The summed E-state index contributed by atoms with van der Waals surface area (Å²) >= 11 is 4.09. The van der Waals surface area contributed by atoms with E-state index in [1.165, 1.54) is 134 Å². The number of ketones is 10. The van der Waals surface area contributed by atoms with E-state index in [-0.39, 0.29) is 180 Å². The first-order valence-electron chi connectivity index (χ1n) is 48.0. The molecule has 3 aromatic carbocycles. The molecule has 27 heteroatoms. The summed E-state index contributed by atoms with van der Waals surface area (Å²) in [6.07, 6.45) is 24.1. The van der Waals surface area contributed by atoms with Crippen LogP contribution >= 0.6 is 23.5 Å². The lowest BCUT2D eigenvalue weighted by Crippen LogP contribution is -2.42. The van der Waals surface area contributed by atoms with Crippen molar-refractivity contribution in [2.75, 3.05) is 128 Å². The molecule has 141 heavy (non-hydrogen) atoms. The molecule has 1 spiro atoms. The molecule has 24 nitrogen and oxygen atoms in total. The van der Waals surface area contributed by atoms with Gasteiger partial charge in [-0.1, -0.05) is 167 Å². The lowest BCUT2D eigenvalue weighted by Gasteiger charge is -2.46. The Hall–Kier alpha value is -6.24. The first kappa shape index (κ1) is 141. The van der Waals surface area contributed by atoms with Crippen LogP contribution in [0.25, 0.3) is 0 Å². The van der Waals surface area contributed by atoms with E-state index in [0.29, 0.717) is 70.0 Å². The Morgan fingerprint density at radius 1 is 0.447 bits per heavy atom. The predicted octanol–water partition coefficient (Wildman–Crippen LogP) is 21.4. The first-order valence-corrected chi connectivity index (χ1v) is 51.3. The van der Waals surface area contributed by atoms with Crippen LogP contribution in [0, 0.1) is 35.5 Å². The van der Waals surface area contributed by atoms with Gasteiger partial charge in [-0.25, -0.2) is 4.79 Å². The molecule has 0 aromatic heterocycles. The van der Waals surface area contributed by atoms with Gasteiger partial charge in [0, 0.05) is 93.4 Å². The van der Waals surface area contributed by atoms with E-state index in [4.69, 9.17) is 9.47 Å². The Morgan fingerprint density at radius 3 is 1.20 bits per heavy atom. The molecule has 814 valence electrons. The van der Waals surface area contributed by atoms with Crippen molar-refractivity contribution in [3.8, 4) is 11.5 Å². The average molecular weight is 2040 g/mol. The van der Waals surface area contributed by atoms with Crippen molar-refractivity contribution in [2.24, 2.45) is 40.0 Å². The van der Waals surface area contributed by atoms with Crippen molar-refractivity contribution >= 4 is 98.1 Å². The largest absolute Gasteiger partial charge is 0.493 e. The summed E-state index contributed by atoms with van der Waals surface area (Å²) in [6.45, 7) is 30.5. The third-order valence-corrected chi connectivity index (χ3v) is 36.1. The molecular weight excluding hydrogens is 1830 g/mol. The maximum Gasteiger partial charge on any atom is 0.320 e. The van der Waals surface area contributed by atoms with Crippen LogP contribution in [0.15, 0.2) is 65.1 Å². The second-order valence-electron chi connectivity index (χ2n) is 40.7. The SMILES string of the molecule is C.C.C.C.C.C.C.C.C.C.C.CC(=O)CN(C)C1Cc2ccccc2C1.CC(=O)[C@@H]1C2CCC(CC2)C1C.CC(=O)[C@@H]1CC2(CN1C)SCCS2.CC(=O)[C@@H]1CC2CCCC2N1C.CC(=O)[C@@H]1CC2CCCCC2N1C.CC(=O)[C@@H]1CCCN1C.CC(=O)[C@@H]1CN(C)C(=O)N1C.CC(=O)[C@@H]1CS(C(C)(C)C)=NN1C.CC(=O)[C@@H]1Cc2ccccc2CN1C.COc1cc2c(cc1OC)CN(C)[C@H](C(C)=O)C2. The van der Waals surface area contributed by atoms with E-state index in [0.717, 1.165) is 125 Å². The van der Waals surface area contributed by atoms with Gasteiger partial charge in [0.05, 0.1) is 67.1 Å². The molecule has 2 bridgehead atoms. The molecule has 6 saturated heterocycles. The Labute approximate surface area is 872 Å². The number of thioether (sulfide) groups is 2. The second kappa shape index (κ2) is 64.8. The summed E-state index contributed by atoms with van der Waals surface area (Å²) in [5.41, 5.74) is 7.94. The summed E-state index contributed by atoms with van der Waals surface area (Å²) in [4.78, 5) is 142. The highest BCUT2D eigenvalue weighted by Crippen LogP contribution is 2.52. The minimum atomic E-state index is -0.243. The fourth-order valence-corrected chi connectivity index (χ4v) is 28.0. The van der Waals surface area contributed by atoms with Gasteiger partial charge in [-0.2, -0.15) is 9.48 Å². The summed E-state index contributed by atoms with van der Waals surface area (Å²) in [6, 6.07) is 23.5. The minimum Gasteiger partial charge on any atom is -0.493 e. The molecule has 15 aliphatic rings. The number of rotatable bonds is 14. The molecule has 0 radical (unpaired) electrons. The topological polar surface area (TPSA) is 251 Å². The van der Waals surface area contributed by atoms with Crippen LogP contribution in [-0.4, -0.2) is 316 Å². The number of Topliss-reactive ketones (excluding diaryl/α,β-unsaturated/α-hetero) is 10. The summed E-state index contributed by atoms with van der Waals surface area (Å²) in [5.74, 6) is 12.0. The van der Waals surface area contributed by atoms with Crippen LogP contribution in [0.4, 0.5) is 4.79 Å². The van der Waals surface area contributed by atoms with Crippen LogP contribution in [-0.2, 0) is 97.4 Å². The molecule has 18 rings (SSSR count). The van der Waals surface area contributed by atoms with Gasteiger partial charge in [0.1, 0.15) is 58.1 Å². The number of benzene rings is 3. The molecule has 2 amide bonds.